The van der Waals surface area contributed by atoms with Crippen molar-refractivity contribution in [1.82, 2.24) is 4.90 Å². The van der Waals surface area contributed by atoms with Crippen molar-refractivity contribution in [3.63, 3.8) is 0 Å². The molecule has 0 amide bonds. The largest absolute Gasteiger partial charge is 0.385 e. The zero-order chi connectivity index (χ0) is 17.2. The molecule has 0 unspecified atom stereocenters. The summed E-state index contributed by atoms with van der Waals surface area (Å²) in [4.78, 5) is 2.50. The van der Waals surface area contributed by atoms with Gasteiger partial charge in [-0.1, -0.05) is 60.7 Å². The maximum atomic E-state index is 5.67. The molecule has 0 heterocycles. The van der Waals surface area contributed by atoms with Gasteiger partial charge in [-0.2, -0.15) is 0 Å². The zero-order valence-electron chi connectivity index (χ0n) is 15.0. The van der Waals surface area contributed by atoms with E-state index in [1.54, 1.807) is 14.2 Å². The number of nitrogens with zero attached hydrogens (tertiary/aromatic N) is 1. The summed E-state index contributed by atoms with van der Waals surface area (Å²) in [5.41, 5.74) is 2.64. The molecule has 130 valence electrons. The van der Waals surface area contributed by atoms with E-state index in [0.717, 1.165) is 26.1 Å². The van der Waals surface area contributed by atoms with Crippen LogP contribution in [0, 0.1) is 0 Å². The van der Waals surface area contributed by atoms with Gasteiger partial charge in [0.05, 0.1) is 6.10 Å². The summed E-state index contributed by atoms with van der Waals surface area (Å²) < 4.78 is 11.0. The second-order valence-electron chi connectivity index (χ2n) is 6.17. The van der Waals surface area contributed by atoms with Gasteiger partial charge >= 0.3 is 0 Å². The average molecular weight is 327 g/mol. The topological polar surface area (TPSA) is 21.7 Å². The van der Waals surface area contributed by atoms with Gasteiger partial charge in [-0.15, -0.1) is 0 Å². The minimum absolute atomic E-state index is 0.146. The summed E-state index contributed by atoms with van der Waals surface area (Å²) in [6, 6.07) is 21.5. The highest BCUT2D eigenvalue weighted by Crippen LogP contribution is 2.19. The van der Waals surface area contributed by atoms with Crippen LogP contribution in [0.2, 0.25) is 0 Å². The van der Waals surface area contributed by atoms with E-state index in [9.17, 15) is 0 Å². The van der Waals surface area contributed by atoms with Crippen molar-refractivity contribution in [3.8, 4) is 0 Å². The standard InChI is InChI=1S/C21H29NO2/c1-18(24-3)21(14-15-23-2)22(16-19-10-6-4-7-11-19)17-20-12-8-5-9-13-20/h4-13,18,21H,14-17H2,1-3H3/t18-,21-/m0/s1. The predicted octanol–water partition coefficient (Wildman–Crippen LogP) is 4.13. The molecule has 0 N–H and O–H groups in total. The summed E-state index contributed by atoms with van der Waals surface area (Å²) in [7, 11) is 3.54. The molecule has 0 aliphatic rings. The molecule has 0 aliphatic heterocycles. The van der Waals surface area contributed by atoms with E-state index in [0.29, 0.717) is 6.04 Å². The lowest BCUT2D eigenvalue weighted by Gasteiger charge is -2.35. The quantitative estimate of drug-likeness (QED) is 0.655. The lowest BCUT2D eigenvalue weighted by Crippen LogP contribution is -2.43. The third kappa shape index (κ3) is 5.75. The van der Waals surface area contributed by atoms with E-state index in [4.69, 9.17) is 9.47 Å². The van der Waals surface area contributed by atoms with Crippen LogP contribution in [-0.2, 0) is 22.6 Å². The molecule has 24 heavy (non-hydrogen) atoms. The average Bonchev–Trinajstić information content (AvgIpc) is 2.63. The molecule has 2 aromatic rings. The van der Waals surface area contributed by atoms with Crippen LogP contribution in [0.5, 0.6) is 0 Å². The molecule has 3 nitrogen and oxygen atoms in total. The molecule has 0 radical (unpaired) electrons. The van der Waals surface area contributed by atoms with Gasteiger partial charge < -0.3 is 9.47 Å². The molecule has 0 fully saturated rings. The minimum Gasteiger partial charge on any atom is -0.385 e. The van der Waals surface area contributed by atoms with Gasteiger partial charge in [0.25, 0.3) is 0 Å². The van der Waals surface area contributed by atoms with Crippen LogP contribution in [0.4, 0.5) is 0 Å². The van der Waals surface area contributed by atoms with Crippen LogP contribution in [0.15, 0.2) is 60.7 Å². The van der Waals surface area contributed by atoms with Crippen LogP contribution >= 0.6 is 0 Å². The summed E-state index contributed by atoms with van der Waals surface area (Å²) >= 11 is 0. The highest BCUT2D eigenvalue weighted by Gasteiger charge is 2.24. The van der Waals surface area contributed by atoms with Crippen molar-refractivity contribution in [2.24, 2.45) is 0 Å². The molecule has 0 saturated carbocycles. The van der Waals surface area contributed by atoms with E-state index in [1.807, 2.05) is 0 Å². The first-order valence-electron chi connectivity index (χ1n) is 8.58. The normalized spacial score (nSPS) is 13.8. The number of hydrogen-bond donors (Lipinski definition) is 0. The molecule has 0 bridgehead atoms. The van der Waals surface area contributed by atoms with Crippen molar-refractivity contribution in [2.75, 3.05) is 20.8 Å². The van der Waals surface area contributed by atoms with E-state index < -0.39 is 0 Å². The second kappa shape index (κ2) is 10.2. The van der Waals surface area contributed by atoms with Gasteiger partial charge in [-0.25, -0.2) is 0 Å². The Hall–Kier alpha value is -1.68. The van der Waals surface area contributed by atoms with Gasteiger partial charge in [-0.3, -0.25) is 4.90 Å². The lowest BCUT2D eigenvalue weighted by molar-refractivity contribution is 0.00321. The molecule has 3 heteroatoms. The Labute approximate surface area is 146 Å². The third-order valence-electron chi connectivity index (χ3n) is 4.46. The molecule has 2 atom stereocenters. The highest BCUT2D eigenvalue weighted by atomic mass is 16.5. The Balaban J connectivity index is 2.21. The van der Waals surface area contributed by atoms with Gasteiger partial charge in [-0.05, 0) is 24.5 Å². The number of rotatable bonds is 10. The summed E-state index contributed by atoms with van der Waals surface area (Å²) in [6.07, 6.45) is 1.10. The Morgan fingerprint density at radius 3 is 1.75 bits per heavy atom. The van der Waals surface area contributed by atoms with E-state index >= 15 is 0 Å². The number of benzene rings is 2. The molecule has 0 saturated heterocycles. The van der Waals surface area contributed by atoms with Gasteiger partial charge in [0.1, 0.15) is 0 Å². The van der Waals surface area contributed by atoms with Gasteiger partial charge in [0, 0.05) is 40.0 Å². The Morgan fingerprint density at radius 2 is 1.33 bits per heavy atom. The summed E-state index contributed by atoms with van der Waals surface area (Å²) in [5, 5.41) is 0. The molecule has 0 aromatic heterocycles. The van der Waals surface area contributed by atoms with Crippen LogP contribution in [0.3, 0.4) is 0 Å². The van der Waals surface area contributed by atoms with Gasteiger partial charge in [0.15, 0.2) is 0 Å². The number of ether oxygens (including phenoxy) is 2. The fraction of sp³-hybridized carbons (Fsp3) is 0.429. The maximum Gasteiger partial charge on any atom is 0.0699 e. The molecule has 2 aromatic carbocycles. The second-order valence-corrected chi connectivity index (χ2v) is 6.17. The minimum atomic E-state index is 0.146. The van der Waals surface area contributed by atoms with Gasteiger partial charge in [0.2, 0.25) is 0 Å². The lowest BCUT2D eigenvalue weighted by atomic mass is 10.0. The predicted molar refractivity (Wildman–Crippen MR) is 98.9 cm³/mol. The van der Waals surface area contributed by atoms with E-state index in [1.165, 1.54) is 11.1 Å². The SMILES string of the molecule is COCC[C@@H]([C@H](C)OC)N(Cc1ccccc1)Cc1ccccc1. The monoisotopic (exact) mass is 327 g/mol. The van der Waals surface area contributed by atoms with E-state index in [2.05, 4.69) is 72.5 Å². The van der Waals surface area contributed by atoms with Crippen LogP contribution in [-0.4, -0.2) is 37.9 Å². The van der Waals surface area contributed by atoms with Crippen molar-refractivity contribution in [1.29, 1.82) is 0 Å². The smallest absolute Gasteiger partial charge is 0.0699 e. The van der Waals surface area contributed by atoms with Crippen LogP contribution in [0.25, 0.3) is 0 Å². The van der Waals surface area contributed by atoms with Crippen molar-refractivity contribution in [3.05, 3.63) is 71.8 Å². The van der Waals surface area contributed by atoms with Crippen molar-refractivity contribution >= 4 is 0 Å². The zero-order valence-corrected chi connectivity index (χ0v) is 15.0. The first kappa shape index (κ1) is 18.7. The number of methoxy groups -OCH3 is 2. The van der Waals surface area contributed by atoms with Crippen LogP contribution in [0.1, 0.15) is 24.5 Å². The Bertz CT molecular complexity index is 517. The van der Waals surface area contributed by atoms with Crippen molar-refractivity contribution < 1.29 is 9.47 Å². The summed E-state index contributed by atoms with van der Waals surface area (Å²) in [5.74, 6) is 0. The fourth-order valence-corrected chi connectivity index (χ4v) is 3.04. The maximum absolute atomic E-state index is 5.67. The Kier molecular flexibility index (Phi) is 7.96. The summed E-state index contributed by atoms with van der Waals surface area (Å²) in [6.45, 7) is 4.68. The molecular weight excluding hydrogens is 298 g/mol. The Morgan fingerprint density at radius 1 is 0.833 bits per heavy atom. The van der Waals surface area contributed by atoms with Crippen LogP contribution < -0.4 is 0 Å². The van der Waals surface area contributed by atoms with E-state index in [-0.39, 0.29) is 6.10 Å². The number of hydrogen-bond acceptors (Lipinski definition) is 3. The fourth-order valence-electron chi connectivity index (χ4n) is 3.04. The molecular formula is C21H29NO2. The first-order chi connectivity index (χ1) is 11.7. The molecule has 0 aliphatic carbocycles. The molecule has 0 spiro atoms. The van der Waals surface area contributed by atoms with Crippen molar-refractivity contribution in [2.45, 2.75) is 38.6 Å². The molecule has 2 rings (SSSR count). The third-order valence-corrected chi connectivity index (χ3v) is 4.46. The first-order valence-corrected chi connectivity index (χ1v) is 8.58. The highest BCUT2D eigenvalue weighted by molar-refractivity contribution is 5.17.